The second-order valence-electron chi connectivity index (χ2n) is 2.67. The van der Waals surface area contributed by atoms with Gasteiger partial charge in [0, 0.05) is 4.88 Å². The fourth-order valence-electron chi connectivity index (χ4n) is 1.13. The third kappa shape index (κ3) is 2.30. The van der Waals surface area contributed by atoms with Crippen molar-refractivity contribution >= 4 is 46.7 Å². The fourth-order valence-corrected chi connectivity index (χ4v) is 3.03. The number of hydrogen-bond donors (Lipinski definition) is 1. The molecule has 0 aliphatic carbocycles. The van der Waals surface area contributed by atoms with Crippen molar-refractivity contribution in [3.8, 4) is 0 Å². The zero-order valence-electron chi connectivity index (χ0n) is 7.14. The van der Waals surface area contributed by atoms with Crippen LogP contribution in [-0.4, -0.2) is 0 Å². The van der Waals surface area contributed by atoms with E-state index in [1.807, 2.05) is 22.9 Å². The van der Waals surface area contributed by atoms with Crippen molar-refractivity contribution in [1.29, 1.82) is 0 Å². The maximum absolute atomic E-state index is 6.04. The molecular weight excluding hydrogens is 257 g/mol. The van der Waals surface area contributed by atoms with Gasteiger partial charge in [-0.1, -0.05) is 11.6 Å². The molecule has 0 saturated heterocycles. The number of nitrogens with two attached hydrogens (primary N) is 1. The Morgan fingerprint density at radius 1 is 1.29 bits per heavy atom. The quantitative estimate of drug-likeness (QED) is 0.875. The van der Waals surface area contributed by atoms with Crippen molar-refractivity contribution in [2.24, 2.45) is 5.73 Å². The molecule has 0 saturated carbocycles. The van der Waals surface area contributed by atoms with E-state index >= 15 is 0 Å². The van der Waals surface area contributed by atoms with E-state index in [4.69, 9.17) is 17.3 Å². The molecule has 0 unspecified atom stereocenters. The van der Waals surface area contributed by atoms with Crippen LogP contribution in [0.15, 0.2) is 28.3 Å². The molecule has 2 aromatic heterocycles. The Morgan fingerprint density at radius 3 is 2.57 bits per heavy atom. The van der Waals surface area contributed by atoms with Crippen LogP contribution in [0.4, 0.5) is 0 Å². The molecule has 0 amide bonds. The maximum atomic E-state index is 6.04. The van der Waals surface area contributed by atoms with Gasteiger partial charge in [0.2, 0.25) is 0 Å². The van der Waals surface area contributed by atoms with Crippen molar-refractivity contribution in [2.75, 3.05) is 0 Å². The summed E-state index contributed by atoms with van der Waals surface area (Å²) in [7, 11) is 0. The lowest BCUT2D eigenvalue weighted by Crippen LogP contribution is -2.09. The summed E-state index contributed by atoms with van der Waals surface area (Å²) in [5, 5.41) is 6.81. The average molecular weight is 266 g/mol. The zero-order valence-corrected chi connectivity index (χ0v) is 10.3. The molecule has 2 heterocycles. The molecule has 14 heavy (non-hydrogen) atoms. The van der Waals surface area contributed by atoms with Crippen molar-refractivity contribution < 1.29 is 0 Å². The molecule has 0 radical (unpaired) electrons. The highest BCUT2D eigenvalue weighted by atomic mass is 35.5. The van der Waals surface area contributed by atoms with Gasteiger partial charge in [0.15, 0.2) is 0 Å². The predicted octanol–water partition coefficient (Wildman–Crippen LogP) is 3.93. The SMILES string of the molecule is Cl.N[C@H](c1ccsc1)c1sccc1Cl. The highest BCUT2D eigenvalue weighted by Gasteiger charge is 2.13. The maximum Gasteiger partial charge on any atom is 0.0669 e. The number of halogens is 2. The topological polar surface area (TPSA) is 26.0 Å². The summed E-state index contributed by atoms with van der Waals surface area (Å²) in [6.07, 6.45) is 0. The fraction of sp³-hybridized carbons (Fsp3) is 0.111. The predicted molar refractivity (Wildman–Crippen MR) is 66.9 cm³/mol. The molecule has 0 fully saturated rings. The van der Waals surface area contributed by atoms with Crippen LogP contribution in [-0.2, 0) is 0 Å². The van der Waals surface area contributed by atoms with Crippen molar-refractivity contribution in [3.63, 3.8) is 0 Å². The van der Waals surface area contributed by atoms with Crippen LogP contribution in [0.5, 0.6) is 0 Å². The Balaban J connectivity index is 0.000000980. The molecule has 0 aliphatic rings. The van der Waals surface area contributed by atoms with Crippen LogP contribution in [0.2, 0.25) is 5.02 Å². The molecule has 0 spiro atoms. The molecule has 2 aromatic rings. The molecule has 0 aliphatic heterocycles. The summed E-state index contributed by atoms with van der Waals surface area (Å²) < 4.78 is 0. The van der Waals surface area contributed by atoms with E-state index < -0.39 is 0 Å². The molecule has 1 atom stereocenters. The Labute approximate surface area is 102 Å². The first-order valence-corrected chi connectivity index (χ1v) is 5.99. The van der Waals surface area contributed by atoms with E-state index in [1.165, 1.54) is 0 Å². The Morgan fingerprint density at radius 2 is 2.07 bits per heavy atom. The summed E-state index contributed by atoms with van der Waals surface area (Å²) in [4.78, 5) is 1.04. The smallest absolute Gasteiger partial charge is 0.0669 e. The largest absolute Gasteiger partial charge is 0.320 e. The van der Waals surface area contributed by atoms with Crippen molar-refractivity contribution in [2.45, 2.75) is 6.04 Å². The monoisotopic (exact) mass is 265 g/mol. The molecule has 1 nitrogen and oxygen atoms in total. The van der Waals surface area contributed by atoms with Gasteiger partial charge in [0.25, 0.3) is 0 Å². The summed E-state index contributed by atoms with van der Waals surface area (Å²) in [5.41, 5.74) is 7.17. The lowest BCUT2D eigenvalue weighted by atomic mass is 10.1. The van der Waals surface area contributed by atoms with Crippen LogP contribution in [0.25, 0.3) is 0 Å². The number of rotatable bonds is 2. The van der Waals surface area contributed by atoms with Crippen LogP contribution < -0.4 is 5.73 Å². The highest BCUT2D eigenvalue weighted by Crippen LogP contribution is 2.31. The first-order valence-electron chi connectivity index (χ1n) is 3.79. The minimum Gasteiger partial charge on any atom is -0.320 e. The minimum atomic E-state index is -0.0706. The van der Waals surface area contributed by atoms with Crippen LogP contribution >= 0.6 is 46.7 Å². The van der Waals surface area contributed by atoms with E-state index in [1.54, 1.807) is 22.7 Å². The van der Waals surface area contributed by atoms with E-state index in [2.05, 4.69) is 5.38 Å². The first kappa shape index (κ1) is 12.0. The van der Waals surface area contributed by atoms with Crippen LogP contribution in [0.3, 0.4) is 0 Å². The van der Waals surface area contributed by atoms with Gasteiger partial charge < -0.3 is 5.73 Å². The standard InChI is InChI=1S/C9H8ClNS2.ClH/c10-7-2-4-13-9(7)8(11)6-1-3-12-5-6;/h1-5,8H,11H2;1H/t8-;/m1./s1. The molecule has 2 N–H and O–H groups in total. The molecule has 76 valence electrons. The lowest BCUT2D eigenvalue weighted by Gasteiger charge is -2.07. The third-order valence-corrected chi connectivity index (χ3v) is 3.97. The van der Waals surface area contributed by atoms with Gasteiger partial charge in [-0.2, -0.15) is 11.3 Å². The molecule has 0 aromatic carbocycles. The molecule has 5 heteroatoms. The average Bonchev–Trinajstić information content (AvgIpc) is 2.72. The highest BCUT2D eigenvalue weighted by molar-refractivity contribution is 7.10. The summed E-state index contributed by atoms with van der Waals surface area (Å²) in [5.74, 6) is 0. The minimum absolute atomic E-state index is 0. The van der Waals surface area contributed by atoms with Crippen molar-refractivity contribution in [3.05, 3.63) is 43.7 Å². The second kappa shape index (κ2) is 5.14. The van der Waals surface area contributed by atoms with Gasteiger partial charge >= 0.3 is 0 Å². The van der Waals surface area contributed by atoms with Gasteiger partial charge in [0.1, 0.15) is 0 Å². The van der Waals surface area contributed by atoms with Gasteiger partial charge in [-0.25, -0.2) is 0 Å². The third-order valence-electron chi connectivity index (χ3n) is 1.83. The number of hydrogen-bond acceptors (Lipinski definition) is 3. The van der Waals surface area contributed by atoms with E-state index in [9.17, 15) is 0 Å². The lowest BCUT2D eigenvalue weighted by molar-refractivity contribution is 0.900. The Kier molecular flexibility index (Phi) is 4.41. The van der Waals surface area contributed by atoms with E-state index in [0.29, 0.717) is 0 Å². The van der Waals surface area contributed by atoms with Crippen molar-refractivity contribution in [1.82, 2.24) is 0 Å². The molecule has 0 bridgehead atoms. The molecule has 2 rings (SSSR count). The van der Waals surface area contributed by atoms with E-state index in [0.717, 1.165) is 15.5 Å². The van der Waals surface area contributed by atoms with Gasteiger partial charge in [-0.15, -0.1) is 23.7 Å². The summed E-state index contributed by atoms with van der Waals surface area (Å²) in [6.45, 7) is 0. The van der Waals surface area contributed by atoms with Gasteiger partial charge in [-0.3, -0.25) is 0 Å². The number of thiophene rings is 2. The summed E-state index contributed by atoms with van der Waals surface area (Å²) in [6, 6.07) is 3.85. The normalized spacial score (nSPS) is 12.1. The molecular formula is C9H9Cl2NS2. The Hall–Kier alpha value is -0.0600. The van der Waals surface area contributed by atoms with Crippen LogP contribution in [0.1, 0.15) is 16.5 Å². The van der Waals surface area contributed by atoms with Crippen LogP contribution in [0, 0.1) is 0 Å². The van der Waals surface area contributed by atoms with Gasteiger partial charge in [-0.05, 0) is 33.8 Å². The van der Waals surface area contributed by atoms with Gasteiger partial charge in [0.05, 0.1) is 11.1 Å². The second-order valence-corrected chi connectivity index (χ2v) is 4.80. The first-order chi connectivity index (χ1) is 6.29. The summed E-state index contributed by atoms with van der Waals surface area (Å²) >= 11 is 9.24. The zero-order chi connectivity index (χ0) is 9.26. The Bertz CT molecular complexity index is 383. The van der Waals surface area contributed by atoms with E-state index in [-0.39, 0.29) is 18.4 Å².